The Morgan fingerprint density at radius 2 is 1.85 bits per heavy atom. The van der Waals surface area contributed by atoms with E-state index in [0.717, 1.165) is 38.8 Å². The second-order valence-electron chi connectivity index (χ2n) is 6.26. The Morgan fingerprint density at radius 1 is 1.25 bits per heavy atom. The van der Waals surface area contributed by atoms with Crippen molar-refractivity contribution in [3.05, 3.63) is 10.1 Å². The minimum Gasteiger partial charge on any atom is -0.481 e. The lowest BCUT2D eigenvalue weighted by Crippen LogP contribution is -2.62. The van der Waals surface area contributed by atoms with Gasteiger partial charge in [-0.1, -0.05) is 6.42 Å². The molecular weight excluding hydrogens is 264 g/mol. The van der Waals surface area contributed by atoms with E-state index in [1.54, 1.807) is 0 Å². The topological polar surface area (TPSA) is 89.7 Å². The van der Waals surface area contributed by atoms with Crippen molar-refractivity contribution >= 4 is 5.97 Å². The van der Waals surface area contributed by atoms with E-state index in [1.807, 2.05) is 0 Å². The molecule has 1 heterocycles. The fourth-order valence-corrected chi connectivity index (χ4v) is 3.76. The van der Waals surface area contributed by atoms with Crippen molar-refractivity contribution < 1.29 is 24.3 Å². The van der Waals surface area contributed by atoms with Crippen LogP contribution in [0.5, 0.6) is 0 Å². The molecule has 2 unspecified atom stereocenters. The number of likely N-dealkylation sites (N-methyl/N-ethyl adjacent to an activating group) is 1. The first-order chi connectivity index (χ1) is 9.42. The molecule has 0 radical (unpaired) electrons. The first-order valence-corrected chi connectivity index (χ1v) is 7.30. The molecule has 20 heavy (non-hydrogen) atoms. The molecule has 1 aliphatic heterocycles. The monoisotopic (exact) mass is 287 g/mol. The van der Waals surface area contributed by atoms with Gasteiger partial charge in [0.1, 0.15) is 6.04 Å². The van der Waals surface area contributed by atoms with Gasteiger partial charge in [0.2, 0.25) is 0 Å². The Balaban J connectivity index is 2.03. The van der Waals surface area contributed by atoms with Crippen molar-refractivity contribution in [1.82, 2.24) is 0 Å². The molecule has 1 N–H and O–H groups in total. The zero-order chi connectivity index (χ0) is 14.8. The fraction of sp³-hybridized carbons (Fsp3) is 0.923. The first kappa shape index (κ1) is 15.0. The number of hydrogen-bond acceptors (Lipinski definition) is 4. The zero-order valence-electron chi connectivity index (χ0n) is 11.9. The van der Waals surface area contributed by atoms with Crippen LogP contribution in [0.15, 0.2) is 0 Å². The number of piperidine rings is 1. The highest BCUT2D eigenvalue weighted by Crippen LogP contribution is 2.34. The maximum absolute atomic E-state index is 11.0. The lowest BCUT2D eigenvalue weighted by molar-refractivity contribution is -0.950. The van der Waals surface area contributed by atoms with E-state index in [2.05, 4.69) is 7.05 Å². The Morgan fingerprint density at radius 3 is 2.40 bits per heavy atom. The largest absolute Gasteiger partial charge is 0.481 e. The van der Waals surface area contributed by atoms with Crippen LogP contribution >= 0.6 is 0 Å². The van der Waals surface area contributed by atoms with Gasteiger partial charge in [-0.2, -0.15) is 0 Å². The summed E-state index contributed by atoms with van der Waals surface area (Å²) >= 11 is 0. The van der Waals surface area contributed by atoms with Gasteiger partial charge in [0.15, 0.2) is 6.10 Å². The molecule has 2 fully saturated rings. The summed E-state index contributed by atoms with van der Waals surface area (Å²) < 4.78 is 0.711. The molecule has 2 rings (SSSR count). The summed E-state index contributed by atoms with van der Waals surface area (Å²) in [6.07, 6.45) is 4.63. The summed E-state index contributed by atoms with van der Waals surface area (Å²) in [5, 5.41) is 19.0. The van der Waals surface area contributed by atoms with Gasteiger partial charge < -0.3 is 14.4 Å². The van der Waals surface area contributed by atoms with Crippen LogP contribution in [-0.4, -0.2) is 52.9 Å². The van der Waals surface area contributed by atoms with E-state index in [-0.39, 0.29) is 18.1 Å². The molecule has 7 nitrogen and oxygen atoms in total. The van der Waals surface area contributed by atoms with Crippen LogP contribution in [0, 0.1) is 16.0 Å². The maximum Gasteiger partial charge on any atom is 0.306 e. The molecular formula is C13H23N2O5+. The molecule has 7 heteroatoms. The van der Waals surface area contributed by atoms with E-state index in [1.165, 1.54) is 0 Å². The van der Waals surface area contributed by atoms with Crippen LogP contribution < -0.4 is 0 Å². The van der Waals surface area contributed by atoms with Gasteiger partial charge in [0.05, 0.1) is 26.1 Å². The van der Waals surface area contributed by atoms with E-state index in [9.17, 15) is 14.9 Å². The van der Waals surface area contributed by atoms with Gasteiger partial charge in [0.25, 0.3) is 5.09 Å². The first-order valence-electron chi connectivity index (χ1n) is 7.30. The van der Waals surface area contributed by atoms with Gasteiger partial charge >= 0.3 is 5.97 Å². The van der Waals surface area contributed by atoms with Crippen LogP contribution in [0.4, 0.5) is 0 Å². The minimum atomic E-state index is -0.724. The van der Waals surface area contributed by atoms with Crippen molar-refractivity contribution in [2.75, 3.05) is 20.1 Å². The number of carboxylic acid groups (broad SMARTS) is 1. The highest BCUT2D eigenvalue weighted by molar-refractivity contribution is 5.69. The Hall–Kier alpha value is -1.37. The third-order valence-electron chi connectivity index (χ3n) is 5.02. The molecule has 114 valence electrons. The van der Waals surface area contributed by atoms with Crippen molar-refractivity contribution in [2.45, 2.75) is 50.7 Å². The van der Waals surface area contributed by atoms with Crippen molar-refractivity contribution in [1.29, 1.82) is 0 Å². The summed E-state index contributed by atoms with van der Waals surface area (Å²) in [6.45, 7) is 1.53. The minimum absolute atomic E-state index is 0.115. The number of likely N-dealkylation sites (tertiary alicyclic amines) is 1. The molecule has 1 aliphatic carbocycles. The third kappa shape index (κ3) is 3.20. The third-order valence-corrected chi connectivity index (χ3v) is 5.02. The molecule has 0 aromatic rings. The van der Waals surface area contributed by atoms with E-state index in [0.29, 0.717) is 17.3 Å². The van der Waals surface area contributed by atoms with Crippen LogP contribution in [0.3, 0.4) is 0 Å². The van der Waals surface area contributed by atoms with E-state index >= 15 is 0 Å². The molecule has 0 aromatic carbocycles. The molecule has 1 saturated heterocycles. The number of aliphatic carboxylic acids is 1. The van der Waals surface area contributed by atoms with Gasteiger partial charge in [-0.05, 0) is 12.8 Å². The Bertz CT molecular complexity index is 379. The number of quaternary nitrogens is 1. The highest BCUT2D eigenvalue weighted by atomic mass is 17.0. The van der Waals surface area contributed by atoms with E-state index in [4.69, 9.17) is 9.94 Å². The van der Waals surface area contributed by atoms with Crippen LogP contribution in [0.25, 0.3) is 0 Å². The molecule has 0 amide bonds. The smallest absolute Gasteiger partial charge is 0.306 e. The number of rotatable bonds is 4. The number of carbonyl (C=O) groups is 1. The Kier molecular flexibility index (Phi) is 4.47. The second kappa shape index (κ2) is 5.95. The summed E-state index contributed by atoms with van der Waals surface area (Å²) in [5.74, 6) is -0.988. The predicted molar refractivity (Wildman–Crippen MR) is 70.4 cm³/mol. The van der Waals surface area contributed by atoms with Crippen LogP contribution in [0.2, 0.25) is 0 Å². The lowest BCUT2D eigenvalue weighted by Gasteiger charge is -2.48. The zero-order valence-corrected chi connectivity index (χ0v) is 11.9. The van der Waals surface area contributed by atoms with Gasteiger partial charge in [-0.3, -0.25) is 4.79 Å². The van der Waals surface area contributed by atoms with Crippen LogP contribution in [-0.2, 0) is 9.63 Å². The predicted octanol–water partition coefficient (Wildman–Crippen LogP) is 1.45. The summed E-state index contributed by atoms with van der Waals surface area (Å²) in [6, 6.07) is 0.115. The average Bonchev–Trinajstić information content (AvgIpc) is 2.39. The number of hydrogen-bond donors (Lipinski definition) is 1. The Labute approximate surface area is 118 Å². The van der Waals surface area contributed by atoms with Gasteiger partial charge in [0, 0.05) is 19.3 Å². The quantitative estimate of drug-likeness (QED) is 0.480. The molecule has 1 saturated carbocycles. The van der Waals surface area contributed by atoms with Crippen molar-refractivity contribution in [3.8, 4) is 0 Å². The number of nitrogens with zero attached hydrogens (tertiary/aromatic N) is 2. The summed E-state index contributed by atoms with van der Waals surface area (Å²) in [7, 11) is 2.09. The normalized spacial score (nSPS) is 38.1. The van der Waals surface area contributed by atoms with Crippen molar-refractivity contribution in [2.24, 2.45) is 5.92 Å². The highest BCUT2D eigenvalue weighted by Gasteiger charge is 2.45. The molecule has 0 spiro atoms. The van der Waals surface area contributed by atoms with Gasteiger partial charge in [-0.15, -0.1) is 10.1 Å². The summed E-state index contributed by atoms with van der Waals surface area (Å²) in [4.78, 5) is 26.6. The second-order valence-corrected chi connectivity index (χ2v) is 6.26. The van der Waals surface area contributed by atoms with E-state index < -0.39 is 11.1 Å². The summed E-state index contributed by atoms with van der Waals surface area (Å²) in [5.41, 5.74) is 0. The van der Waals surface area contributed by atoms with Crippen LogP contribution in [0.1, 0.15) is 38.5 Å². The van der Waals surface area contributed by atoms with Crippen molar-refractivity contribution in [3.63, 3.8) is 0 Å². The molecule has 0 aromatic heterocycles. The fourth-order valence-electron chi connectivity index (χ4n) is 3.76. The standard InChI is InChI=1S/C13H22N2O5/c1-15(8-6-10(7-9-15)13(16)17)11-4-2-3-5-12(11)20-14(18)19/h10-12H,2-9H2,1H3/p+1. The molecule has 2 aliphatic rings. The SMILES string of the molecule is C[N+]1(C2CCCCC2O[N+](=O)[O-])CCC(C(=O)O)CC1. The van der Waals surface area contributed by atoms with Gasteiger partial charge in [-0.25, -0.2) is 0 Å². The number of carboxylic acids is 1. The maximum atomic E-state index is 11.0. The molecule has 0 bridgehead atoms. The lowest BCUT2D eigenvalue weighted by atomic mass is 9.86. The average molecular weight is 287 g/mol. The molecule has 2 atom stereocenters.